The van der Waals surface area contributed by atoms with Crippen molar-refractivity contribution in [1.82, 2.24) is 9.97 Å². The van der Waals surface area contributed by atoms with Gasteiger partial charge in [0.25, 0.3) is 0 Å². The molecule has 1 amide bonds. The quantitative estimate of drug-likeness (QED) is 0.562. The second kappa shape index (κ2) is 7.98. The normalized spacial score (nSPS) is 18.4. The molecule has 0 radical (unpaired) electrons. The van der Waals surface area contributed by atoms with E-state index in [1.807, 2.05) is 51.1 Å². The topological polar surface area (TPSA) is 80.2 Å². The third kappa shape index (κ3) is 4.68. The van der Waals surface area contributed by atoms with Crippen molar-refractivity contribution in [3.8, 4) is 0 Å². The maximum atomic E-state index is 13.0. The van der Waals surface area contributed by atoms with Crippen molar-refractivity contribution in [2.75, 3.05) is 22.2 Å². The number of benzene rings is 1. The fourth-order valence-electron chi connectivity index (χ4n) is 3.13. The van der Waals surface area contributed by atoms with Gasteiger partial charge in [-0.1, -0.05) is 30.0 Å². The molecule has 1 aliphatic heterocycles. The summed E-state index contributed by atoms with van der Waals surface area (Å²) in [5.41, 5.74) is 3.58. The lowest BCUT2D eigenvalue weighted by Crippen LogP contribution is -2.42. The van der Waals surface area contributed by atoms with Crippen molar-refractivity contribution in [1.29, 1.82) is 0 Å². The summed E-state index contributed by atoms with van der Waals surface area (Å²) in [5.74, 6) is 0.166. The van der Waals surface area contributed by atoms with Crippen LogP contribution in [0.5, 0.6) is 0 Å². The van der Waals surface area contributed by atoms with Gasteiger partial charge in [0.15, 0.2) is 15.0 Å². The van der Waals surface area contributed by atoms with E-state index < -0.39 is 9.84 Å². The maximum Gasteiger partial charge on any atom is 0.237 e. The van der Waals surface area contributed by atoms with Crippen molar-refractivity contribution in [2.45, 2.75) is 38.4 Å². The predicted molar refractivity (Wildman–Crippen MR) is 108 cm³/mol. The Morgan fingerprint density at radius 3 is 2.33 bits per heavy atom. The summed E-state index contributed by atoms with van der Waals surface area (Å²) in [7, 11) is -3.09. The van der Waals surface area contributed by atoms with Crippen molar-refractivity contribution >= 4 is 33.2 Å². The molecule has 144 valence electrons. The number of hydrogen-bond acceptors (Lipinski definition) is 6. The van der Waals surface area contributed by atoms with E-state index in [0.29, 0.717) is 11.6 Å². The zero-order valence-electron chi connectivity index (χ0n) is 15.7. The van der Waals surface area contributed by atoms with Gasteiger partial charge in [-0.15, -0.1) is 0 Å². The number of anilines is 1. The van der Waals surface area contributed by atoms with Crippen LogP contribution in [0.25, 0.3) is 0 Å². The zero-order valence-corrected chi connectivity index (χ0v) is 17.3. The summed E-state index contributed by atoms with van der Waals surface area (Å²) in [4.78, 5) is 23.5. The average molecular weight is 406 g/mol. The van der Waals surface area contributed by atoms with Crippen LogP contribution in [-0.4, -0.2) is 47.6 Å². The predicted octanol–water partition coefficient (Wildman–Crippen LogP) is 2.71. The van der Waals surface area contributed by atoms with Gasteiger partial charge in [0.1, 0.15) is 0 Å². The summed E-state index contributed by atoms with van der Waals surface area (Å²) in [6, 6.07) is 8.92. The van der Waals surface area contributed by atoms with E-state index in [0.717, 1.165) is 22.6 Å². The number of nitrogens with zero attached hydrogens (tertiary/aromatic N) is 3. The van der Waals surface area contributed by atoms with Gasteiger partial charge >= 0.3 is 0 Å². The monoisotopic (exact) mass is 405 g/mol. The summed E-state index contributed by atoms with van der Waals surface area (Å²) in [6.45, 7) is 5.83. The molecule has 1 atom stereocenters. The van der Waals surface area contributed by atoms with E-state index in [9.17, 15) is 13.2 Å². The number of aryl methyl sites for hydroxylation is 2. The first kappa shape index (κ1) is 19.8. The van der Waals surface area contributed by atoms with Crippen LogP contribution in [0.3, 0.4) is 0 Å². The first-order valence-electron chi connectivity index (χ1n) is 8.79. The fraction of sp³-hybridized carbons (Fsp3) is 0.421. The standard InChI is InChI=1S/C19H23N3O3S2/c1-13-14(2)20-19(21-15(13)3)26-11-18(23)22(16-7-5-4-6-8-16)17-9-10-27(24,25)12-17/h4-8,17H,9-12H2,1-3H3/t17-/m0/s1. The number of hydrogen-bond donors (Lipinski definition) is 0. The first-order valence-corrected chi connectivity index (χ1v) is 11.6. The average Bonchev–Trinajstić information content (AvgIpc) is 2.98. The smallest absolute Gasteiger partial charge is 0.237 e. The van der Waals surface area contributed by atoms with Gasteiger partial charge in [-0.25, -0.2) is 18.4 Å². The lowest BCUT2D eigenvalue weighted by Gasteiger charge is -2.28. The highest BCUT2D eigenvalue weighted by Crippen LogP contribution is 2.26. The second-order valence-corrected chi connectivity index (χ2v) is 9.92. The molecule has 0 aliphatic carbocycles. The molecular formula is C19H23N3O3S2. The van der Waals surface area contributed by atoms with E-state index in [1.54, 1.807) is 4.90 Å². The highest BCUT2D eigenvalue weighted by molar-refractivity contribution is 7.99. The van der Waals surface area contributed by atoms with E-state index >= 15 is 0 Å². The molecule has 1 aromatic carbocycles. The first-order chi connectivity index (χ1) is 12.8. The van der Waals surface area contributed by atoms with Gasteiger partial charge in [0, 0.05) is 17.1 Å². The van der Waals surface area contributed by atoms with E-state index in [1.165, 1.54) is 11.8 Å². The summed E-state index contributed by atoms with van der Waals surface area (Å²) < 4.78 is 23.8. The van der Waals surface area contributed by atoms with Gasteiger partial charge in [0.2, 0.25) is 5.91 Å². The van der Waals surface area contributed by atoms with Crippen molar-refractivity contribution < 1.29 is 13.2 Å². The number of rotatable bonds is 5. The molecule has 3 rings (SSSR count). The SMILES string of the molecule is Cc1nc(SCC(=O)N(c2ccccc2)[C@H]2CCS(=O)(=O)C2)nc(C)c1C. The summed E-state index contributed by atoms with van der Waals surface area (Å²) >= 11 is 1.28. The Labute approximate surface area is 164 Å². The maximum absolute atomic E-state index is 13.0. The van der Waals surface area contributed by atoms with E-state index in [4.69, 9.17) is 0 Å². The minimum atomic E-state index is -3.09. The second-order valence-electron chi connectivity index (χ2n) is 6.75. The number of carbonyl (C=O) groups excluding carboxylic acids is 1. The van der Waals surface area contributed by atoms with Crippen LogP contribution in [0.15, 0.2) is 35.5 Å². The number of sulfone groups is 1. The Morgan fingerprint density at radius 1 is 1.15 bits per heavy atom. The van der Waals surface area contributed by atoms with Crippen molar-refractivity contribution in [3.05, 3.63) is 47.3 Å². The molecule has 0 unspecified atom stereocenters. The van der Waals surface area contributed by atoms with E-state index in [-0.39, 0.29) is 29.2 Å². The molecule has 0 saturated carbocycles. The fourth-order valence-corrected chi connectivity index (χ4v) is 5.62. The lowest BCUT2D eigenvalue weighted by molar-refractivity contribution is -0.116. The van der Waals surface area contributed by atoms with Gasteiger partial charge in [-0.05, 0) is 44.9 Å². The molecule has 2 aromatic rings. The molecular weight excluding hydrogens is 382 g/mol. The Kier molecular flexibility index (Phi) is 5.86. The van der Waals surface area contributed by atoms with Crippen molar-refractivity contribution in [2.24, 2.45) is 0 Å². The van der Waals surface area contributed by atoms with Gasteiger partial charge in [-0.2, -0.15) is 0 Å². The van der Waals surface area contributed by atoms with Crippen LogP contribution < -0.4 is 4.90 Å². The number of amides is 1. The summed E-state index contributed by atoms with van der Waals surface area (Å²) in [6.07, 6.45) is 0.465. The molecule has 6 nitrogen and oxygen atoms in total. The van der Waals surface area contributed by atoms with E-state index in [2.05, 4.69) is 9.97 Å². The van der Waals surface area contributed by atoms with Crippen molar-refractivity contribution in [3.63, 3.8) is 0 Å². The van der Waals surface area contributed by atoms with Crippen LogP contribution in [0.2, 0.25) is 0 Å². The number of para-hydroxylation sites is 1. The Hall–Kier alpha value is -1.93. The third-order valence-electron chi connectivity index (χ3n) is 4.81. The van der Waals surface area contributed by atoms with Gasteiger partial charge in [0.05, 0.1) is 23.3 Å². The number of carbonyl (C=O) groups is 1. The van der Waals surface area contributed by atoms with Crippen LogP contribution in [0.4, 0.5) is 5.69 Å². The number of thioether (sulfide) groups is 1. The Bertz CT molecular complexity index is 923. The minimum Gasteiger partial charge on any atom is -0.308 e. The largest absolute Gasteiger partial charge is 0.308 e. The molecule has 1 aromatic heterocycles. The molecule has 27 heavy (non-hydrogen) atoms. The number of aromatic nitrogens is 2. The summed E-state index contributed by atoms with van der Waals surface area (Å²) in [5, 5.41) is 0.566. The molecule has 0 N–H and O–H groups in total. The molecule has 1 fully saturated rings. The van der Waals surface area contributed by atoms with Crippen LogP contribution >= 0.6 is 11.8 Å². The van der Waals surface area contributed by atoms with Gasteiger partial charge in [-0.3, -0.25) is 4.79 Å². The Morgan fingerprint density at radius 2 is 1.78 bits per heavy atom. The molecule has 1 aliphatic rings. The Balaban J connectivity index is 1.79. The highest BCUT2D eigenvalue weighted by atomic mass is 32.2. The molecule has 0 spiro atoms. The van der Waals surface area contributed by atoms with Crippen LogP contribution in [0, 0.1) is 20.8 Å². The molecule has 8 heteroatoms. The third-order valence-corrected chi connectivity index (χ3v) is 7.40. The zero-order chi connectivity index (χ0) is 19.6. The van der Waals surface area contributed by atoms with Crippen LogP contribution in [0.1, 0.15) is 23.4 Å². The van der Waals surface area contributed by atoms with Crippen LogP contribution in [-0.2, 0) is 14.6 Å². The highest BCUT2D eigenvalue weighted by Gasteiger charge is 2.35. The van der Waals surface area contributed by atoms with Gasteiger partial charge < -0.3 is 4.90 Å². The molecule has 2 heterocycles. The molecule has 1 saturated heterocycles. The lowest BCUT2D eigenvalue weighted by atomic mass is 10.2. The minimum absolute atomic E-state index is 0.0115. The molecule has 0 bridgehead atoms.